The molecule has 1 amide bonds. The topological polar surface area (TPSA) is 49.3 Å². The average Bonchev–Trinajstić information content (AvgIpc) is 2.39. The number of aromatic hydroxyl groups is 1. The van der Waals surface area contributed by atoms with Crippen LogP contribution in [-0.2, 0) is 0 Å². The van der Waals surface area contributed by atoms with Gasteiger partial charge in [0.25, 0.3) is 5.91 Å². The van der Waals surface area contributed by atoms with Crippen LogP contribution >= 0.6 is 11.6 Å². The minimum atomic E-state index is -0.255. The first-order chi connectivity index (χ1) is 9.08. The number of hydrogen-bond acceptors (Lipinski definition) is 2. The van der Waals surface area contributed by atoms with E-state index >= 15 is 0 Å². The lowest BCUT2D eigenvalue weighted by atomic mass is 10.0. The van der Waals surface area contributed by atoms with Crippen LogP contribution in [0.3, 0.4) is 0 Å². The third kappa shape index (κ3) is 5.11. The Labute approximate surface area is 120 Å². The number of halogens is 1. The highest BCUT2D eigenvalue weighted by atomic mass is 35.5. The van der Waals surface area contributed by atoms with Crippen LogP contribution in [0.2, 0.25) is 5.02 Å². The number of phenols is 1. The van der Waals surface area contributed by atoms with Crippen molar-refractivity contribution in [2.45, 2.75) is 52.0 Å². The Balaban J connectivity index is 2.72. The summed E-state index contributed by atoms with van der Waals surface area (Å²) in [6.45, 7) is 4.23. The van der Waals surface area contributed by atoms with E-state index in [0.717, 1.165) is 32.1 Å². The van der Waals surface area contributed by atoms with E-state index in [1.165, 1.54) is 12.1 Å². The van der Waals surface area contributed by atoms with Crippen LogP contribution in [0.15, 0.2) is 18.2 Å². The number of phenolic OH excluding ortho intramolecular Hbond substituents is 1. The average molecular weight is 284 g/mol. The summed E-state index contributed by atoms with van der Waals surface area (Å²) in [5.41, 5.74) is 0.241. The maximum absolute atomic E-state index is 12.1. The summed E-state index contributed by atoms with van der Waals surface area (Å²) in [6, 6.07) is 4.66. The number of amides is 1. The predicted molar refractivity (Wildman–Crippen MR) is 78.8 cm³/mol. The number of carbonyl (C=O) groups is 1. The van der Waals surface area contributed by atoms with Crippen molar-refractivity contribution in [3.8, 4) is 5.75 Å². The normalized spacial score (nSPS) is 12.2. The minimum Gasteiger partial charge on any atom is -0.507 e. The zero-order valence-electron chi connectivity index (χ0n) is 11.6. The van der Waals surface area contributed by atoms with Gasteiger partial charge >= 0.3 is 0 Å². The van der Waals surface area contributed by atoms with Gasteiger partial charge in [0.15, 0.2) is 0 Å². The molecule has 0 aliphatic rings. The lowest BCUT2D eigenvalue weighted by molar-refractivity contribution is 0.0929. The maximum Gasteiger partial charge on any atom is 0.255 e. The highest BCUT2D eigenvalue weighted by Crippen LogP contribution is 2.21. The highest BCUT2D eigenvalue weighted by Gasteiger charge is 2.16. The largest absolute Gasteiger partial charge is 0.507 e. The van der Waals surface area contributed by atoms with Gasteiger partial charge in [-0.1, -0.05) is 44.7 Å². The summed E-state index contributed by atoms with van der Waals surface area (Å²) < 4.78 is 0. The first kappa shape index (κ1) is 15.8. The highest BCUT2D eigenvalue weighted by molar-refractivity contribution is 6.31. The summed E-state index contributed by atoms with van der Waals surface area (Å²) in [5, 5.41) is 13.1. The van der Waals surface area contributed by atoms with Gasteiger partial charge in [0.1, 0.15) is 5.75 Å². The maximum atomic E-state index is 12.1. The molecule has 0 heterocycles. The lowest BCUT2D eigenvalue weighted by Gasteiger charge is -2.18. The molecule has 106 valence electrons. The number of hydrogen-bond donors (Lipinski definition) is 2. The van der Waals surface area contributed by atoms with Gasteiger partial charge in [-0.3, -0.25) is 4.79 Å². The van der Waals surface area contributed by atoms with Crippen LogP contribution in [0.5, 0.6) is 5.75 Å². The van der Waals surface area contributed by atoms with E-state index in [2.05, 4.69) is 19.2 Å². The molecule has 0 saturated heterocycles. The Morgan fingerprint density at radius 3 is 2.68 bits per heavy atom. The van der Waals surface area contributed by atoms with Crippen molar-refractivity contribution in [2.24, 2.45) is 0 Å². The summed E-state index contributed by atoms with van der Waals surface area (Å²) in [7, 11) is 0. The number of carbonyl (C=O) groups excluding carboxylic acids is 1. The van der Waals surface area contributed by atoms with Gasteiger partial charge in [-0.05, 0) is 31.0 Å². The second-order valence-electron chi connectivity index (χ2n) is 4.76. The van der Waals surface area contributed by atoms with Crippen LogP contribution in [0.25, 0.3) is 0 Å². The molecule has 0 saturated carbocycles. The molecule has 0 aromatic heterocycles. The summed E-state index contributed by atoms with van der Waals surface area (Å²) >= 11 is 5.85. The molecule has 3 nitrogen and oxygen atoms in total. The molecule has 0 fully saturated rings. The molecular formula is C15H22ClNO2. The first-order valence-corrected chi connectivity index (χ1v) is 7.25. The second-order valence-corrected chi connectivity index (χ2v) is 5.20. The van der Waals surface area contributed by atoms with E-state index in [1.807, 2.05) is 0 Å². The van der Waals surface area contributed by atoms with E-state index in [4.69, 9.17) is 11.6 Å². The molecule has 0 spiro atoms. The van der Waals surface area contributed by atoms with Gasteiger partial charge in [-0.2, -0.15) is 0 Å². The van der Waals surface area contributed by atoms with Crippen LogP contribution in [0, 0.1) is 0 Å². The fraction of sp³-hybridized carbons (Fsp3) is 0.533. The van der Waals surface area contributed by atoms with Gasteiger partial charge in [0, 0.05) is 11.1 Å². The van der Waals surface area contributed by atoms with Crippen molar-refractivity contribution in [3.63, 3.8) is 0 Å². The second kappa shape index (κ2) is 8.05. The Morgan fingerprint density at radius 1 is 1.32 bits per heavy atom. The summed E-state index contributed by atoms with van der Waals surface area (Å²) in [5.74, 6) is -0.290. The van der Waals surface area contributed by atoms with Gasteiger partial charge in [0.2, 0.25) is 0 Å². The van der Waals surface area contributed by atoms with E-state index in [1.54, 1.807) is 6.07 Å². The monoisotopic (exact) mass is 283 g/mol. The number of rotatable bonds is 7. The predicted octanol–water partition coefficient (Wildman–Crippen LogP) is 4.13. The van der Waals surface area contributed by atoms with Gasteiger partial charge in [0.05, 0.1) is 5.56 Å². The van der Waals surface area contributed by atoms with Crippen LogP contribution in [0.4, 0.5) is 0 Å². The summed E-state index contributed by atoms with van der Waals surface area (Å²) in [6.07, 6.45) is 5.14. The van der Waals surface area contributed by atoms with E-state index in [0.29, 0.717) is 5.02 Å². The van der Waals surface area contributed by atoms with Crippen molar-refractivity contribution in [2.75, 3.05) is 0 Å². The van der Waals surface area contributed by atoms with Crippen molar-refractivity contribution >= 4 is 17.5 Å². The fourth-order valence-electron chi connectivity index (χ4n) is 2.04. The van der Waals surface area contributed by atoms with Gasteiger partial charge < -0.3 is 10.4 Å². The van der Waals surface area contributed by atoms with Crippen molar-refractivity contribution in [1.29, 1.82) is 0 Å². The number of benzene rings is 1. The third-order valence-corrected chi connectivity index (χ3v) is 3.32. The molecule has 0 radical (unpaired) electrons. The standard InChI is InChI=1S/C15H22ClNO2/c1-3-5-7-12(6-4-2)17-15(19)13-10-11(16)8-9-14(13)18/h8-10,12,18H,3-7H2,1-2H3,(H,17,19). The summed E-state index contributed by atoms with van der Waals surface area (Å²) in [4.78, 5) is 12.1. The first-order valence-electron chi connectivity index (χ1n) is 6.87. The molecule has 1 rings (SSSR count). The fourth-order valence-corrected chi connectivity index (χ4v) is 2.21. The zero-order valence-corrected chi connectivity index (χ0v) is 12.3. The third-order valence-electron chi connectivity index (χ3n) is 3.08. The van der Waals surface area contributed by atoms with Crippen LogP contribution in [0.1, 0.15) is 56.3 Å². The van der Waals surface area contributed by atoms with Gasteiger partial charge in [-0.15, -0.1) is 0 Å². The number of unbranched alkanes of at least 4 members (excludes halogenated alkanes) is 1. The van der Waals surface area contributed by atoms with Crippen molar-refractivity contribution < 1.29 is 9.90 Å². The van der Waals surface area contributed by atoms with Gasteiger partial charge in [-0.25, -0.2) is 0 Å². The molecule has 0 bridgehead atoms. The Kier molecular flexibility index (Phi) is 6.71. The molecular weight excluding hydrogens is 262 g/mol. The Hall–Kier alpha value is -1.22. The van der Waals surface area contributed by atoms with Crippen LogP contribution in [-0.4, -0.2) is 17.1 Å². The smallest absolute Gasteiger partial charge is 0.255 e. The number of nitrogens with one attached hydrogen (secondary N) is 1. The molecule has 19 heavy (non-hydrogen) atoms. The quantitative estimate of drug-likeness (QED) is 0.790. The molecule has 0 aliphatic heterocycles. The Bertz CT molecular complexity index is 421. The SMILES string of the molecule is CCCCC(CCC)NC(=O)c1cc(Cl)ccc1O. The molecule has 4 heteroatoms. The van der Waals surface area contributed by atoms with E-state index in [-0.39, 0.29) is 23.3 Å². The van der Waals surface area contributed by atoms with E-state index < -0.39 is 0 Å². The van der Waals surface area contributed by atoms with Crippen molar-refractivity contribution in [1.82, 2.24) is 5.32 Å². The lowest BCUT2D eigenvalue weighted by Crippen LogP contribution is -2.34. The molecule has 1 aromatic carbocycles. The van der Waals surface area contributed by atoms with Crippen LogP contribution < -0.4 is 5.32 Å². The molecule has 0 aliphatic carbocycles. The molecule has 1 aromatic rings. The molecule has 2 N–H and O–H groups in total. The van der Waals surface area contributed by atoms with E-state index in [9.17, 15) is 9.90 Å². The van der Waals surface area contributed by atoms with Crippen molar-refractivity contribution in [3.05, 3.63) is 28.8 Å². The Morgan fingerprint density at radius 2 is 2.05 bits per heavy atom. The minimum absolute atomic E-state index is 0.0346. The molecule has 1 atom stereocenters. The zero-order chi connectivity index (χ0) is 14.3. The molecule has 1 unspecified atom stereocenters.